The minimum absolute atomic E-state index is 0.00110. The number of rotatable bonds is 6. The number of alkyl carbamates (subject to hydrolysis) is 1. The SMILES string of the molecule is COC(=O)[C@@H]1C[C@H](CCNC(=O)OCC2c3ccccc3-c3ccccc32)CN1C(=O)OC(C)(C)C. The molecule has 0 saturated carbocycles. The maximum absolute atomic E-state index is 12.6. The molecule has 0 aromatic heterocycles. The van der Waals surface area contributed by atoms with Crippen LogP contribution < -0.4 is 5.32 Å². The van der Waals surface area contributed by atoms with Gasteiger partial charge in [0.1, 0.15) is 18.2 Å². The second-order valence-corrected chi connectivity index (χ2v) is 10.3. The van der Waals surface area contributed by atoms with Gasteiger partial charge in [-0.1, -0.05) is 48.5 Å². The Morgan fingerprint density at radius 2 is 1.61 bits per heavy atom. The van der Waals surface area contributed by atoms with Crippen molar-refractivity contribution < 1.29 is 28.6 Å². The van der Waals surface area contributed by atoms with Crippen molar-refractivity contribution >= 4 is 18.2 Å². The zero-order valence-corrected chi connectivity index (χ0v) is 21.3. The van der Waals surface area contributed by atoms with Crippen molar-refractivity contribution in [2.24, 2.45) is 5.92 Å². The first-order valence-electron chi connectivity index (χ1n) is 12.3. The van der Waals surface area contributed by atoms with E-state index < -0.39 is 29.8 Å². The Morgan fingerprint density at radius 3 is 2.19 bits per heavy atom. The maximum atomic E-state index is 12.6. The summed E-state index contributed by atoms with van der Waals surface area (Å²) < 4.78 is 15.9. The van der Waals surface area contributed by atoms with Crippen molar-refractivity contribution in [1.82, 2.24) is 10.2 Å². The number of hydrogen-bond donors (Lipinski definition) is 1. The van der Waals surface area contributed by atoms with Crippen LogP contribution in [0.3, 0.4) is 0 Å². The lowest BCUT2D eigenvalue weighted by molar-refractivity contribution is -0.145. The number of nitrogens with zero attached hydrogens (tertiary/aromatic N) is 1. The first-order valence-corrected chi connectivity index (χ1v) is 12.3. The number of ether oxygens (including phenoxy) is 3. The molecule has 2 aromatic carbocycles. The van der Waals surface area contributed by atoms with Gasteiger partial charge in [-0.05, 0) is 61.8 Å². The van der Waals surface area contributed by atoms with Gasteiger partial charge in [-0.2, -0.15) is 0 Å². The van der Waals surface area contributed by atoms with E-state index in [2.05, 4.69) is 29.6 Å². The lowest BCUT2D eigenvalue weighted by Crippen LogP contribution is -2.43. The van der Waals surface area contributed by atoms with Gasteiger partial charge in [0.25, 0.3) is 0 Å². The van der Waals surface area contributed by atoms with Crippen molar-refractivity contribution in [3.8, 4) is 11.1 Å². The number of nitrogens with one attached hydrogen (secondary N) is 1. The summed E-state index contributed by atoms with van der Waals surface area (Å²) in [4.78, 5) is 38.7. The highest BCUT2D eigenvalue weighted by molar-refractivity contribution is 5.82. The monoisotopic (exact) mass is 494 g/mol. The third-order valence-corrected chi connectivity index (χ3v) is 6.65. The fraction of sp³-hybridized carbons (Fsp3) is 0.464. The Bertz CT molecular complexity index is 1080. The molecule has 2 atom stereocenters. The van der Waals surface area contributed by atoms with Crippen molar-refractivity contribution in [3.05, 3.63) is 59.7 Å². The van der Waals surface area contributed by atoms with Crippen LogP contribution in [0, 0.1) is 5.92 Å². The highest BCUT2D eigenvalue weighted by Gasteiger charge is 2.42. The first kappa shape index (κ1) is 25.5. The standard InChI is InChI=1S/C28H34N2O6/c1-28(2,3)36-27(33)30-16-18(15-24(30)25(31)34-4)13-14-29-26(32)35-17-23-21-11-7-5-9-19(21)20-10-6-8-12-22(20)23/h5-12,18,23-24H,13-17H2,1-4H3,(H,29,32)/t18-,24-/m0/s1. The molecule has 1 N–H and O–H groups in total. The lowest BCUT2D eigenvalue weighted by atomic mass is 9.98. The summed E-state index contributed by atoms with van der Waals surface area (Å²) in [5, 5.41) is 2.81. The summed E-state index contributed by atoms with van der Waals surface area (Å²) >= 11 is 0. The fourth-order valence-corrected chi connectivity index (χ4v) is 5.04. The highest BCUT2D eigenvalue weighted by Crippen LogP contribution is 2.44. The number of esters is 1. The summed E-state index contributed by atoms with van der Waals surface area (Å²) in [6.07, 6.45) is 0.0307. The Balaban J connectivity index is 1.28. The fourth-order valence-electron chi connectivity index (χ4n) is 5.04. The molecule has 1 aliphatic heterocycles. The van der Waals surface area contributed by atoms with E-state index in [9.17, 15) is 14.4 Å². The van der Waals surface area contributed by atoms with Crippen LogP contribution in [0.25, 0.3) is 11.1 Å². The van der Waals surface area contributed by atoms with E-state index in [1.54, 1.807) is 20.8 Å². The zero-order chi connectivity index (χ0) is 25.9. The number of fused-ring (bicyclic) bond motifs is 3. The Kier molecular flexibility index (Phi) is 7.52. The average molecular weight is 495 g/mol. The number of benzene rings is 2. The summed E-state index contributed by atoms with van der Waals surface area (Å²) in [5.41, 5.74) is 4.01. The van der Waals surface area contributed by atoms with Gasteiger partial charge in [-0.15, -0.1) is 0 Å². The molecule has 8 nitrogen and oxygen atoms in total. The number of amides is 2. The molecule has 0 radical (unpaired) electrons. The van der Waals surface area contributed by atoms with Gasteiger partial charge < -0.3 is 19.5 Å². The molecule has 0 bridgehead atoms. The normalized spacial score (nSPS) is 18.8. The second kappa shape index (κ2) is 10.6. The molecule has 2 aliphatic rings. The second-order valence-electron chi connectivity index (χ2n) is 10.3. The van der Waals surface area contributed by atoms with Crippen LogP contribution in [0.15, 0.2) is 48.5 Å². The van der Waals surface area contributed by atoms with Crippen LogP contribution in [0.2, 0.25) is 0 Å². The first-order chi connectivity index (χ1) is 17.2. The van der Waals surface area contributed by atoms with E-state index >= 15 is 0 Å². The quantitative estimate of drug-likeness (QED) is 0.462. The molecule has 36 heavy (non-hydrogen) atoms. The van der Waals surface area contributed by atoms with E-state index in [1.807, 2.05) is 24.3 Å². The van der Waals surface area contributed by atoms with Crippen molar-refractivity contribution in [1.29, 1.82) is 0 Å². The number of carbonyl (C=O) groups is 3. The topological polar surface area (TPSA) is 94.2 Å². The molecule has 192 valence electrons. The Hall–Kier alpha value is -3.55. The summed E-state index contributed by atoms with van der Waals surface area (Å²) in [5.74, 6) is -0.440. The molecular formula is C28H34N2O6. The minimum atomic E-state index is -0.690. The third-order valence-electron chi connectivity index (χ3n) is 6.65. The van der Waals surface area contributed by atoms with Crippen LogP contribution in [0.1, 0.15) is 50.7 Å². The molecule has 2 aromatic rings. The average Bonchev–Trinajstić information content (AvgIpc) is 3.41. The number of carbonyl (C=O) groups excluding carboxylic acids is 3. The van der Waals surface area contributed by atoms with E-state index in [4.69, 9.17) is 14.2 Å². The van der Waals surface area contributed by atoms with E-state index in [1.165, 1.54) is 23.1 Å². The van der Waals surface area contributed by atoms with Gasteiger partial charge in [0, 0.05) is 19.0 Å². The van der Waals surface area contributed by atoms with Gasteiger partial charge in [-0.3, -0.25) is 4.90 Å². The molecule has 0 unspecified atom stereocenters. The molecule has 0 spiro atoms. The molecule has 1 heterocycles. The molecule has 1 fully saturated rings. The lowest BCUT2D eigenvalue weighted by Gasteiger charge is -2.27. The molecule has 2 amide bonds. The molecule has 1 aliphatic carbocycles. The van der Waals surface area contributed by atoms with E-state index in [0.29, 0.717) is 25.9 Å². The van der Waals surface area contributed by atoms with Gasteiger partial charge in [0.05, 0.1) is 7.11 Å². The Morgan fingerprint density at radius 1 is 1.00 bits per heavy atom. The van der Waals surface area contributed by atoms with Crippen molar-refractivity contribution in [2.45, 2.75) is 51.2 Å². The van der Waals surface area contributed by atoms with Gasteiger partial charge >= 0.3 is 18.2 Å². The third kappa shape index (κ3) is 5.64. The summed E-state index contributed by atoms with van der Waals surface area (Å²) in [7, 11) is 1.31. The van der Waals surface area contributed by atoms with Crippen LogP contribution in [0.5, 0.6) is 0 Å². The molecule has 4 rings (SSSR count). The van der Waals surface area contributed by atoms with Crippen LogP contribution in [-0.2, 0) is 19.0 Å². The number of methoxy groups -OCH3 is 1. The van der Waals surface area contributed by atoms with Gasteiger partial charge in [0.2, 0.25) is 0 Å². The van der Waals surface area contributed by atoms with E-state index in [0.717, 1.165) is 11.1 Å². The largest absolute Gasteiger partial charge is 0.467 e. The van der Waals surface area contributed by atoms with Crippen molar-refractivity contribution in [3.63, 3.8) is 0 Å². The maximum Gasteiger partial charge on any atom is 0.411 e. The summed E-state index contributed by atoms with van der Waals surface area (Å²) in [6.45, 7) is 6.33. The predicted octanol–water partition coefficient (Wildman–Crippen LogP) is 4.71. The van der Waals surface area contributed by atoms with Crippen LogP contribution >= 0.6 is 0 Å². The van der Waals surface area contributed by atoms with Gasteiger partial charge in [0.15, 0.2) is 0 Å². The van der Waals surface area contributed by atoms with Gasteiger partial charge in [-0.25, -0.2) is 14.4 Å². The molecular weight excluding hydrogens is 460 g/mol. The number of hydrogen-bond acceptors (Lipinski definition) is 6. The Labute approximate surface area is 211 Å². The molecule has 8 heteroatoms. The molecule has 1 saturated heterocycles. The minimum Gasteiger partial charge on any atom is -0.467 e. The van der Waals surface area contributed by atoms with E-state index in [-0.39, 0.29) is 18.4 Å². The highest BCUT2D eigenvalue weighted by atomic mass is 16.6. The zero-order valence-electron chi connectivity index (χ0n) is 21.3. The smallest absolute Gasteiger partial charge is 0.411 e. The van der Waals surface area contributed by atoms with Crippen LogP contribution in [0.4, 0.5) is 9.59 Å². The predicted molar refractivity (Wildman–Crippen MR) is 135 cm³/mol. The number of likely N-dealkylation sites (tertiary alicyclic amines) is 1. The van der Waals surface area contributed by atoms with Crippen LogP contribution in [-0.4, -0.2) is 61.5 Å². The summed E-state index contributed by atoms with van der Waals surface area (Å²) in [6, 6.07) is 15.7. The van der Waals surface area contributed by atoms with Crippen molar-refractivity contribution in [2.75, 3.05) is 26.8 Å².